The van der Waals surface area contributed by atoms with Gasteiger partial charge in [-0.2, -0.15) is 0 Å². The molecule has 0 saturated heterocycles. The lowest BCUT2D eigenvalue weighted by Gasteiger charge is -2.08. The van der Waals surface area contributed by atoms with Crippen molar-refractivity contribution in [3.05, 3.63) is 30.1 Å². The highest BCUT2D eigenvalue weighted by Gasteiger charge is 2.03. The van der Waals surface area contributed by atoms with Gasteiger partial charge in [-0.3, -0.25) is 9.78 Å². The van der Waals surface area contributed by atoms with Crippen LogP contribution >= 0.6 is 0 Å². The van der Waals surface area contributed by atoms with Crippen LogP contribution in [0.3, 0.4) is 0 Å². The Morgan fingerprint density at radius 2 is 1.46 bits per heavy atom. The van der Waals surface area contributed by atoms with Crippen molar-refractivity contribution in [2.45, 2.75) is 0 Å². The summed E-state index contributed by atoms with van der Waals surface area (Å²) in [6, 6.07) is 3.41. The molecule has 158 valence electrons. The van der Waals surface area contributed by atoms with Gasteiger partial charge in [0.2, 0.25) is 0 Å². The van der Waals surface area contributed by atoms with E-state index in [0.29, 0.717) is 65.0 Å². The van der Waals surface area contributed by atoms with Crippen LogP contribution in [-0.4, -0.2) is 90.0 Å². The van der Waals surface area contributed by atoms with E-state index >= 15 is 0 Å². The summed E-state index contributed by atoms with van der Waals surface area (Å²) in [6.07, 6.45) is 2.65. The van der Waals surface area contributed by atoms with E-state index in [9.17, 15) is 9.59 Å². The molecule has 0 atom stereocenters. The summed E-state index contributed by atoms with van der Waals surface area (Å²) in [5, 5.41) is 5.09. The molecule has 1 heterocycles. The van der Waals surface area contributed by atoms with E-state index in [-0.39, 0.29) is 12.5 Å². The lowest BCUT2D eigenvalue weighted by molar-refractivity contribution is -0.00612. The summed E-state index contributed by atoms with van der Waals surface area (Å²) in [5.41, 5.74) is 0.522. The zero-order valence-electron chi connectivity index (χ0n) is 16.2. The van der Waals surface area contributed by atoms with Crippen LogP contribution in [0.1, 0.15) is 10.4 Å². The standard InChI is InChI=1S/C18H29N3O7/c1-19-18(23)28-14-13-27-12-11-26-10-9-25-8-7-24-6-5-21-17(22)16-3-2-4-20-15-16/h2-4,15H,5-14H2,1H3,(H,19,23)(H,21,22). The minimum atomic E-state index is -0.476. The fourth-order valence-corrected chi connectivity index (χ4v) is 1.86. The summed E-state index contributed by atoms with van der Waals surface area (Å²) in [4.78, 5) is 26.4. The summed E-state index contributed by atoms with van der Waals surface area (Å²) in [7, 11) is 1.50. The number of hydrogen-bond acceptors (Lipinski definition) is 8. The van der Waals surface area contributed by atoms with E-state index in [4.69, 9.17) is 23.7 Å². The van der Waals surface area contributed by atoms with Crippen molar-refractivity contribution in [1.82, 2.24) is 15.6 Å². The van der Waals surface area contributed by atoms with E-state index in [0.717, 1.165) is 0 Å². The molecule has 0 fully saturated rings. The number of carbonyl (C=O) groups is 2. The van der Waals surface area contributed by atoms with Gasteiger partial charge in [-0.1, -0.05) is 0 Å². The van der Waals surface area contributed by atoms with Crippen LogP contribution in [0.15, 0.2) is 24.5 Å². The fourth-order valence-electron chi connectivity index (χ4n) is 1.86. The van der Waals surface area contributed by atoms with Gasteiger partial charge >= 0.3 is 6.09 Å². The number of nitrogens with one attached hydrogen (secondary N) is 2. The molecule has 10 heteroatoms. The number of pyridine rings is 1. The van der Waals surface area contributed by atoms with E-state index in [2.05, 4.69) is 15.6 Å². The maximum absolute atomic E-state index is 11.7. The second kappa shape index (κ2) is 16.9. The second-order valence-electron chi connectivity index (χ2n) is 5.33. The molecule has 1 aromatic heterocycles. The van der Waals surface area contributed by atoms with Crippen LogP contribution in [0.25, 0.3) is 0 Å². The largest absolute Gasteiger partial charge is 0.447 e. The Kier molecular flexibility index (Phi) is 14.3. The van der Waals surface area contributed by atoms with E-state index in [1.54, 1.807) is 18.3 Å². The molecule has 0 aliphatic heterocycles. The van der Waals surface area contributed by atoms with Gasteiger partial charge in [0.1, 0.15) is 6.61 Å². The SMILES string of the molecule is CNC(=O)OCCOCCOCCOCCOCCNC(=O)c1cccnc1. The molecule has 1 rings (SSSR count). The highest BCUT2D eigenvalue weighted by atomic mass is 16.6. The molecule has 1 aromatic rings. The molecule has 0 unspecified atom stereocenters. The molecule has 0 aliphatic carbocycles. The zero-order valence-corrected chi connectivity index (χ0v) is 16.2. The van der Waals surface area contributed by atoms with Crippen LogP contribution in [0.2, 0.25) is 0 Å². The first-order valence-corrected chi connectivity index (χ1v) is 9.07. The molecule has 0 aliphatic rings. The molecular weight excluding hydrogens is 370 g/mol. The Morgan fingerprint density at radius 3 is 2.00 bits per heavy atom. The molecule has 28 heavy (non-hydrogen) atoms. The molecule has 0 aromatic carbocycles. The van der Waals surface area contributed by atoms with Crippen LogP contribution in [0, 0.1) is 0 Å². The van der Waals surface area contributed by atoms with Crippen LogP contribution in [-0.2, 0) is 23.7 Å². The number of amides is 2. The molecule has 0 saturated carbocycles. The summed E-state index contributed by atoms with van der Waals surface area (Å²) >= 11 is 0. The highest BCUT2D eigenvalue weighted by molar-refractivity contribution is 5.93. The van der Waals surface area contributed by atoms with E-state index in [1.807, 2.05) is 0 Å². The number of carbonyl (C=O) groups excluding carboxylic acids is 2. The fraction of sp³-hybridized carbons (Fsp3) is 0.611. The lowest BCUT2D eigenvalue weighted by Crippen LogP contribution is -2.27. The normalized spacial score (nSPS) is 10.5. The van der Waals surface area contributed by atoms with Crippen LogP contribution < -0.4 is 10.6 Å². The Bertz CT molecular complexity index is 531. The Morgan fingerprint density at radius 1 is 0.893 bits per heavy atom. The molecule has 0 spiro atoms. The van der Waals surface area contributed by atoms with Crippen LogP contribution in [0.4, 0.5) is 4.79 Å². The molecule has 0 radical (unpaired) electrons. The van der Waals surface area contributed by atoms with Gasteiger partial charge in [0.05, 0.1) is 58.4 Å². The van der Waals surface area contributed by atoms with E-state index < -0.39 is 6.09 Å². The van der Waals surface area contributed by atoms with Crippen molar-refractivity contribution >= 4 is 12.0 Å². The smallest absolute Gasteiger partial charge is 0.406 e. The summed E-state index contributed by atoms with van der Waals surface area (Å²) in [5.74, 6) is -0.173. The monoisotopic (exact) mass is 399 g/mol. The Labute approximate surface area is 164 Å². The third-order valence-electron chi connectivity index (χ3n) is 3.24. The van der Waals surface area contributed by atoms with E-state index in [1.165, 1.54) is 13.2 Å². The predicted octanol–water partition coefficient (Wildman–Crippen LogP) is 0.234. The molecule has 2 N–H and O–H groups in total. The minimum absolute atomic E-state index is 0.173. The number of ether oxygens (including phenoxy) is 5. The summed E-state index contributed by atoms with van der Waals surface area (Å²) < 4.78 is 26.1. The first-order chi connectivity index (χ1) is 13.7. The van der Waals surface area contributed by atoms with Gasteiger partial charge in [-0.25, -0.2) is 4.79 Å². The van der Waals surface area contributed by atoms with Crippen molar-refractivity contribution < 1.29 is 33.3 Å². The predicted molar refractivity (Wildman–Crippen MR) is 100 cm³/mol. The maximum atomic E-state index is 11.7. The van der Waals surface area contributed by atoms with Crippen LogP contribution in [0.5, 0.6) is 0 Å². The number of alkyl carbamates (subject to hydrolysis) is 1. The Hall–Kier alpha value is -2.27. The van der Waals surface area contributed by atoms with Gasteiger partial charge < -0.3 is 34.3 Å². The van der Waals surface area contributed by atoms with Gasteiger partial charge in [0.25, 0.3) is 5.91 Å². The van der Waals surface area contributed by atoms with Gasteiger partial charge in [-0.05, 0) is 12.1 Å². The lowest BCUT2D eigenvalue weighted by atomic mass is 10.3. The van der Waals surface area contributed by atoms with Gasteiger partial charge in [0.15, 0.2) is 0 Å². The average Bonchev–Trinajstić information content (AvgIpc) is 2.73. The first-order valence-electron chi connectivity index (χ1n) is 9.07. The van der Waals surface area contributed by atoms with Crippen molar-refractivity contribution in [3.63, 3.8) is 0 Å². The molecule has 0 bridgehead atoms. The van der Waals surface area contributed by atoms with Crippen molar-refractivity contribution in [2.24, 2.45) is 0 Å². The number of aromatic nitrogens is 1. The third-order valence-corrected chi connectivity index (χ3v) is 3.24. The van der Waals surface area contributed by atoms with Crippen molar-refractivity contribution in [3.8, 4) is 0 Å². The number of rotatable bonds is 16. The average molecular weight is 399 g/mol. The van der Waals surface area contributed by atoms with Crippen molar-refractivity contribution in [1.29, 1.82) is 0 Å². The third kappa shape index (κ3) is 13.0. The highest BCUT2D eigenvalue weighted by Crippen LogP contribution is 1.94. The maximum Gasteiger partial charge on any atom is 0.406 e. The minimum Gasteiger partial charge on any atom is -0.447 e. The summed E-state index contributed by atoms with van der Waals surface area (Å²) in [6.45, 7) is 4.03. The zero-order chi connectivity index (χ0) is 20.3. The molecular formula is C18H29N3O7. The first kappa shape index (κ1) is 23.8. The molecule has 2 amide bonds. The van der Waals surface area contributed by atoms with Gasteiger partial charge in [-0.15, -0.1) is 0 Å². The number of nitrogens with zero attached hydrogens (tertiary/aromatic N) is 1. The van der Waals surface area contributed by atoms with Crippen molar-refractivity contribution in [2.75, 3.05) is 73.1 Å². The second-order valence-corrected chi connectivity index (χ2v) is 5.33. The molecule has 10 nitrogen and oxygen atoms in total. The quantitative estimate of drug-likeness (QED) is 0.380. The van der Waals surface area contributed by atoms with Gasteiger partial charge in [0, 0.05) is 26.0 Å². The topological polar surface area (TPSA) is 117 Å². The number of hydrogen-bond donors (Lipinski definition) is 2. The Balaban J connectivity index is 1.76.